The van der Waals surface area contributed by atoms with E-state index in [0.717, 1.165) is 22.0 Å². The Morgan fingerprint density at radius 2 is 1.66 bits per heavy atom. The molecule has 1 unspecified atom stereocenters. The van der Waals surface area contributed by atoms with Crippen molar-refractivity contribution in [2.45, 2.75) is 17.5 Å². The van der Waals surface area contributed by atoms with Crippen LogP contribution in [0.5, 0.6) is 0 Å². The molecule has 0 spiro atoms. The second-order valence-corrected chi connectivity index (χ2v) is 9.02. The Labute approximate surface area is 205 Å². The predicted octanol–water partition coefficient (Wildman–Crippen LogP) is 5.95. The second kappa shape index (κ2) is 9.23. The highest BCUT2D eigenvalue weighted by Crippen LogP contribution is 2.35. The lowest BCUT2D eigenvalue weighted by Gasteiger charge is -2.19. The number of hydrogen-bond donors (Lipinski definition) is 0. The first-order valence-corrected chi connectivity index (χ1v) is 12.2. The van der Waals surface area contributed by atoms with Crippen molar-refractivity contribution in [1.29, 1.82) is 0 Å². The number of fused-ring (bicyclic) bond motifs is 1. The van der Waals surface area contributed by atoms with Gasteiger partial charge in [0, 0.05) is 22.8 Å². The van der Waals surface area contributed by atoms with Gasteiger partial charge in [0.15, 0.2) is 0 Å². The second-order valence-electron chi connectivity index (χ2n) is 8.05. The number of carbonyl (C=O) groups is 1. The van der Waals surface area contributed by atoms with Gasteiger partial charge in [-0.3, -0.25) is 4.79 Å². The van der Waals surface area contributed by atoms with Gasteiger partial charge in [-0.15, -0.1) is 10.2 Å². The number of benzene rings is 2. The molecule has 5 aromatic rings. The van der Waals surface area contributed by atoms with Gasteiger partial charge < -0.3 is 8.83 Å². The van der Waals surface area contributed by atoms with E-state index < -0.39 is 0 Å². The van der Waals surface area contributed by atoms with Crippen LogP contribution in [0.25, 0.3) is 22.0 Å². The van der Waals surface area contributed by atoms with E-state index in [4.69, 9.17) is 8.83 Å². The maximum absolute atomic E-state index is 13.3. The van der Waals surface area contributed by atoms with Crippen LogP contribution in [0.1, 0.15) is 24.0 Å². The third-order valence-corrected chi connectivity index (χ3v) is 6.84. The van der Waals surface area contributed by atoms with Crippen LogP contribution in [0, 0.1) is 0 Å². The molecule has 1 atom stereocenters. The van der Waals surface area contributed by atoms with Gasteiger partial charge in [0.05, 0.1) is 18.3 Å². The molecule has 0 radical (unpaired) electrons. The highest BCUT2D eigenvalue weighted by molar-refractivity contribution is 8.00. The third-order valence-electron chi connectivity index (χ3n) is 5.88. The molecule has 7 nitrogen and oxygen atoms in total. The Hall–Kier alpha value is -4.17. The molecule has 1 aliphatic rings. The smallest absolute Gasteiger partial charge is 0.253 e. The summed E-state index contributed by atoms with van der Waals surface area (Å²) in [4.78, 5) is 13.3. The van der Waals surface area contributed by atoms with Gasteiger partial charge in [-0.05, 0) is 24.3 Å². The molecule has 6 rings (SSSR count). The number of carbonyl (C=O) groups excluding carboxylic acids is 1. The van der Waals surface area contributed by atoms with Crippen LogP contribution < -0.4 is 0 Å². The van der Waals surface area contributed by atoms with Gasteiger partial charge in [0.2, 0.25) is 0 Å². The molecule has 1 amide bonds. The van der Waals surface area contributed by atoms with Crippen LogP contribution >= 0.6 is 11.8 Å². The minimum Gasteiger partial charge on any atom is -0.467 e. The van der Waals surface area contributed by atoms with Crippen molar-refractivity contribution in [2.75, 3.05) is 5.75 Å². The predicted molar refractivity (Wildman–Crippen MR) is 134 cm³/mol. The fourth-order valence-electron chi connectivity index (χ4n) is 4.23. The summed E-state index contributed by atoms with van der Waals surface area (Å²) in [6.45, 7) is 0. The Balaban J connectivity index is 1.27. The zero-order valence-electron chi connectivity index (χ0n) is 18.6. The Bertz CT molecular complexity index is 1500. The number of rotatable bonds is 6. The molecule has 1 aliphatic heterocycles. The maximum Gasteiger partial charge on any atom is 0.253 e. The van der Waals surface area contributed by atoms with Crippen LogP contribution in [0.4, 0.5) is 0 Å². The summed E-state index contributed by atoms with van der Waals surface area (Å²) in [5, 5.41) is 17.7. The summed E-state index contributed by atoms with van der Waals surface area (Å²) in [5.41, 5.74) is 2.54. The SMILES string of the molecule is O=C(CSc1nnc(-c2ccccc2)c2ccccc12)N1N=C(c2ccco2)CC1c1ccco1. The quantitative estimate of drug-likeness (QED) is 0.279. The number of nitrogens with zero attached hydrogens (tertiary/aromatic N) is 4. The van der Waals surface area contributed by atoms with Gasteiger partial charge in [0.25, 0.3) is 5.91 Å². The molecule has 4 heterocycles. The fourth-order valence-corrected chi connectivity index (χ4v) is 5.05. The molecule has 3 aromatic heterocycles. The standard InChI is InChI=1S/C27H20N4O3S/c32-25(31-22(24-13-7-15-34-24)16-21(30-31)23-12-6-14-33-23)17-35-27-20-11-5-4-10-19(20)26(28-29-27)18-8-2-1-3-9-18/h1-15,22H,16-17H2. The van der Waals surface area contributed by atoms with E-state index in [9.17, 15) is 4.79 Å². The summed E-state index contributed by atoms with van der Waals surface area (Å²) in [5.74, 6) is 1.36. The Morgan fingerprint density at radius 3 is 2.43 bits per heavy atom. The van der Waals surface area contributed by atoms with Crippen LogP contribution in [0.3, 0.4) is 0 Å². The van der Waals surface area contributed by atoms with Crippen molar-refractivity contribution in [3.05, 3.63) is 103 Å². The summed E-state index contributed by atoms with van der Waals surface area (Å²) in [7, 11) is 0. The Morgan fingerprint density at radius 1 is 0.886 bits per heavy atom. The summed E-state index contributed by atoms with van der Waals surface area (Å²) in [6, 6.07) is 25.0. The molecule has 172 valence electrons. The first-order valence-electron chi connectivity index (χ1n) is 11.2. The molecule has 0 N–H and O–H groups in total. The molecule has 8 heteroatoms. The molecule has 0 fully saturated rings. The van der Waals surface area contributed by atoms with Crippen molar-refractivity contribution >= 4 is 34.2 Å². The Kier molecular flexibility index (Phi) is 5.64. The number of hydrazone groups is 1. The average Bonchev–Trinajstić information content (AvgIpc) is 3.69. The van der Waals surface area contributed by atoms with Crippen molar-refractivity contribution in [1.82, 2.24) is 15.2 Å². The average molecular weight is 481 g/mol. The van der Waals surface area contributed by atoms with Crippen LogP contribution in [-0.2, 0) is 4.79 Å². The van der Waals surface area contributed by atoms with Crippen molar-refractivity contribution in [2.24, 2.45) is 5.10 Å². The van der Waals surface area contributed by atoms with Gasteiger partial charge in [-0.1, -0.05) is 66.4 Å². The number of furan rings is 2. The topological polar surface area (TPSA) is 84.7 Å². The monoisotopic (exact) mass is 480 g/mol. The van der Waals surface area contributed by atoms with E-state index in [2.05, 4.69) is 15.3 Å². The highest BCUT2D eigenvalue weighted by atomic mass is 32.2. The number of amides is 1. The zero-order valence-corrected chi connectivity index (χ0v) is 19.4. The molecular weight excluding hydrogens is 460 g/mol. The minimum atomic E-state index is -0.318. The van der Waals surface area contributed by atoms with E-state index in [1.54, 1.807) is 12.5 Å². The van der Waals surface area contributed by atoms with Gasteiger partial charge in [-0.25, -0.2) is 5.01 Å². The van der Waals surface area contributed by atoms with Crippen molar-refractivity contribution in [3.63, 3.8) is 0 Å². The number of hydrogen-bond acceptors (Lipinski definition) is 7. The maximum atomic E-state index is 13.3. The van der Waals surface area contributed by atoms with E-state index in [1.807, 2.05) is 78.9 Å². The molecule has 0 saturated carbocycles. The lowest BCUT2D eigenvalue weighted by molar-refractivity contribution is -0.130. The summed E-state index contributed by atoms with van der Waals surface area (Å²) < 4.78 is 11.1. The molecule has 0 aliphatic carbocycles. The van der Waals surface area contributed by atoms with Crippen LogP contribution in [0.2, 0.25) is 0 Å². The van der Waals surface area contributed by atoms with E-state index in [1.165, 1.54) is 16.8 Å². The first kappa shape index (κ1) is 21.4. The molecule has 0 bridgehead atoms. The van der Waals surface area contributed by atoms with Gasteiger partial charge in [0.1, 0.15) is 34.0 Å². The largest absolute Gasteiger partial charge is 0.467 e. The molecule has 2 aromatic carbocycles. The lowest BCUT2D eigenvalue weighted by Crippen LogP contribution is -2.28. The molecule has 35 heavy (non-hydrogen) atoms. The summed E-state index contributed by atoms with van der Waals surface area (Å²) in [6.07, 6.45) is 3.72. The van der Waals surface area contributed by atoms with Gasteiger partial charge in [-0.2, -0.15) is 5.10 Å². The lowest BCUT2D eigenvalue weighted by atomic mass is 10.1. The van der Waals surface area contributed by atoms with Crippen molar-refractivity contribution in [3.8, 4) is 11.3 Å². The number of thioether (sulfide) groups is 1. The third kappa shape index (κ3) is 4.13. The molecular formula is C27H20N4O3S. The zero-order chi connectivity index (χ0) is 23.6. The van der Waals surface area contributed by atoms with Crippen LogP contribution in [0.15, 0.2) is 110 Å². The normalized spacial score (nSPS) is 15.5. The van der Waals surface area contributed by atoms with Gasteiger partial charge >= 0.3 is 0 Å². The minimum absolute atomic E-state index is 0.143. The van der Waals surface area contributed by atoms with Crippen LogP contribution in [-0.4, -0.2) is 32.6 Å². The van der Waals surface area contributed by atoms with E-state index >= 15 is 0 Å². The van der Waals surface area contributed by atoms with Crippen molar-refractivity contribution < 1.29 is 13.6 Å². The fraction of sp³-hybridized carbons (Fsp3) is 0.111. The van der Waals surface area contributed by atoms with E-state index in [0.29, 0.717) is 28.7 Å². The number of aromatic nitrogens is 2. The summed E-state index contributed by atoms with van der Waals surface area (Å²) >= 11 is 1.36. The highest BCUT2D eigenvalue weighted by Gasteiger charge is 2.35. The first-order chi connectivity index (χ1) is 17.3. The molecule has 0 saturated heterocycles. The van der Waals surface area contributed by atoms with E-state index in [-0.39, 0.29) is 17.7 Å².